The third-order valence-corrected chi connectivity index (χ3v) is 3.14. The number of aryl methyl sites for hydroxylation is 1. The summed E-state index contributed by atoms with van der Waals surface area (Å²) >= 11 is 0. The second kappa shape index (κ2) is 6.24. The van der Waals surface area contributed by atoms with Crippen LogP contribution in [0.3, 0.4) is 0 Å². The smallest absolute Gasteiger partial charge is 0.416 e. The Bertz CT molecular complexity index is 764. The van der Waals surface area contributed by atoms with E-state index in [1.807, 2.05) is 0 Å². The van der Waals surface area contributed by atoms with E-state index >= 15 is 0 Å². The molecule has 0 atom stereocenters. The van der Waals surface area contributed by atoms with Crippen LogP contribution in [0.5, 0.6) is 5.75 Å². The molecule has 0 saturated heterocycles. The van der Waals surface area contributed by atoms with E-state index in [0.29, 0.717) is 6.07 Å². The maximum atomic E-state index is 12.7. The molecule has 0 bridgehead atoms. The number of alkyl halides is 3. The van der Waals surface area contributed by atoms with Crippen molar-refractivity contribution in [2.24, 2.45) is 0 Å². The molecule has 120 valence electrons. The van der Waals surface area contributed by atoms with Crippen LogP contribution in [0.15, 0.2) is 42.5 Å². The zero-order valence-corrected chi connectivity index (χ0v) is 12.4. The van der Waals surface area contributed by atoms with Gasteiger partial charge in [-0.25, -0.2) is 4.79 Å². The van der Waals surface area contributed by atoms with Gasteiger partial charge in [0.15, 0.2) is 5.78 Å². The van der Waals surface area contributed by atoms with Gasteiger partial charge in [0.05, 0.1) is 16.7 Å². The number of halogens is 3. The first-order valence-corrected chi connectivity index (χ1v) is 6.69. The summed E-state index contributed by atoms with van der Waals surface area (Å²) in [5.41, 5.74) is -0.183. The number of hydrogen-bond acceptors (Lipinski definition) is 3. The Labute approximate surface area is 130 Å². The number of carbonyl (C=O) groups excluding carboxylic acids is 2. The second-order valence-corrected chi connectivity index (χ2v) is 5.02. The molecule has 0 aliphatic rings. The van der Waals surface area contributed by atoms with Crippen LogP contribution in [0, 0.1) is 6.92 Å². The van der Waals surface area contributed by atoms with E-state index in [2.05, 4.69) is 0 Å². The molecule has 0 amide bonds. The van der Waals surface area contributed by atoms with Crippen LogP contribution in [0.2, 0.25) is 0 Å². The summed E-state index contributed by atoms with van der Waals surface area (Å²) in [5.74, 6) is -1.24. The molecule has 3 nitrogen and oxygen atoms in total. The lowest BCUT2D eigenvalue weighted by Crippen LogP contribution is -2.13. The van der Waals surface area contributed by atoms with E-state index in [4.69, 9.17) is 4.74 Å². The summed E-state index contributed by atoms with van der Waals surface area (Å²) in [7, 11) is 0. The summed E-state index contributed by atoms with van der Waals surface area (Å²) in [6.07, 6.45) is -4.55. The van der Waals surface area contributed by atoms with Crippen LogP contribution in [0.4, 0.5) is 13.2 Å². The number of ether oxygens (including phenoxy) is 1. The van der Waals surface area contributed by atoms with Crippen LogP contribution in [0.25, 0.3) is 0 Å². The molecule has 0 N–H and O–H groups in total. The molecule has 2 aromatic rings. The monoisotopic (exact) mass is 322 g/mol. The van der Waals surface area contributed by atoms with Crippen molar-refractivity contribution in [1.29, 1.82) is 0 Å². The highest BCUT2D eigenvalue weighted by atomic mass is 19.4. The molecule has 0 fully saturated rings. The van der Waals surface area contributed by atoms with E-state index < -0.39 is 17.7 Å². The highest BCUT2D eigenvalue weighted by molar-refractivity contribution is 5.99. The van der Waals surface area contributed by atoms with Gasteiger partial charge in [-0.2, -0.15) is 13.2 Å². The number of esters is 1. The first-order chi connectivity index (χ1) is 10.7. The van der Waals surface area contributed by atoms with Crippen LogP contribution >= 0.6 is 0 Å². The first kappa shape index (κ1) is 16.7. The van der Waals surface area contributed by atoms with Crippen LogP contribution in [0.1, 0.15) is 38.8 Å². The van der Waals surface area contributed by atoms with Crippen molar-refractivity contribution in [2.75, 3.05) is 0 Å². The first-order valence-electron chi connectivity index (χ1n) is 6.69. The Morgan fingerprint density at radius 2 is 1.74 bits per heavy atom. The van der Waals surface area contributed by atoms with Crippen LogP contribution in [-0.4, -0.2) is 11.8 Å². The van der Waals surface area contributed by atoms with Gasteiger partial charge in [-0.1, -0.05) is 17.7 Å². The predicted octanol–water partition coefficient (Wildman–Crippen LogP) is 4.44. The molecule has 0 aromatic heterocycles. The van der Waals surface area contributed by atoms with E-state index in [9.17, 15) is 22.8 Å². The molecule has 23 heavy (non-hydrogen) atoms. The topological polar surface area (TPSA) is 43.4 Å². The largest absolute Gasteiger partial charge is 0.422 e. The fourth-order valence-corrected chi connectivity index (χ4v) is 1.99. The SMILES string of the molecule is CC(=O)c1cc(C)ccc1OC(=O)c1cccc(C(F)(F)F)c1. The zero-order chi connectivity index (χ0) is 17.2. The van der Waals surface area contributed by atoms with Gasteiger partial charge in [0, 0.05) is 0 Å². The summed E-state index contributed by atoms with van der Waals surface area (Å²) in [5, 5.41) is 0. The third kappa shape index (κ3) is 3.97. The number of rotatable bonds is 3. The summed E-state index contributed by atoms with van der Waals surface area (Å²) in [6, 6.07) is 8.56. The van der Waals surface area contributed by atoms with Crippen molar-refractivity contribution < 1.29 is 27.5 Å². The van der Waals surface area contributed by atoms with E-state index in [-0.39, 0.29) is 22.7 Å². The molecule has 6 heteroatoms. The number of hydrogen-bond donors (Lipinski definition) is 0. The number of ketones is 1. The van der Waals surface area contributed by atoms with Crippen molar-refractivity contribution >= 4 is 11.8 Å². The van der Waals surface area contributed by atoms with Gasteiger partial charge in [-0.3, -0.25) is 4.79 Å². The molecule has 0 aliphatic heterocycles. The average molecular weight is 322 g/mol. The van der Waals surface area contributed by atoms with E-state index in [1.54, 1.807) is 19.1 Å². The Hall–Kier alpha value is -2.63. The highest BCUT2D eigenvalue weighted by Gasteiger charge is 2.31. The van der Waals surface area contributed by atoms with E-state index in [1.165, 1.54) is 19.1 Å². The van der Waals surface area contributed by atoms with Crippen molar-refractivity contribution in [3.05, 3.63) is 64.7 Å². The fourth-order valence-electron chi connectivity index (χ4n) is 1.99. The molecule has 0 heterocycles. The average Bonchev–Trinajstić information content (AvgIpc) is 2.48. The quantitative estimate of drug-likeness (QED) is 0.477. The lowest BCUT2D eigenvalue weighted by molar-refractivity contribution is -0.137. The highest BCUT2D eigenvalue weighted by Crippen LogP contribution is 2.30. The number of carbonyl (C=O) groups is 2. The Kier molecular flexibility index (Phi) is 4.54. The van der Waals surface area contributed by atoms with Gasteiger partial charge < -0.3 is 4.74 Å². The minimum atomic E-state index is -4.55. The normalized spacial score (nSPS) is 11.2. The molecule has 0 saturated carbocycles. The lowest BCUT2D eigenvalue weighted by atomic mass is 10.1. The van der Waals surface area contributed by atoms with Gasteiger partial charge in [-0.05, 0) is 44.2 Å². The summed E-state index contributed by atoms with van der Waals surface area (Å²) in [4.78, 5) is 23.6. The molecule has 0 radical (unpaired) electrons. The Morgan fingerprint density at radius 1 is 1.04 bits per heavy atom. The van der Waals surface area contributed by atoms with Crippen LogP contribution in [-0.2, 0) is 6.18 Å². The van der Waals surface area contributed by atoms with Gasteiger partial charge in [0.2, 0.25) is 0 Å². The summed E-state index contributed by atoms with van der Waals surface area (Å²) in [6.45, 7) is 3.08. The van der Waals surface area contributed by atoms with Crippen LogP contribution < -0.4 is 4.74 Å². The van der Waals surface area contributed by atoms with Crippen molar-refractivity contribution in [3.63, 3.8) is 0 Å². The van der Waals surface area contributed by atoms with Crippen molar-refractivity contribution in [2.45, 2.75) is 20.0 Å². The minimum Gasteiger partial charge on any atom is -0.422 e. The van der Waals surface area contributed by atoms with Gasteiger partial charge in [0.25, 0.3) is 0 Å². The molecular weight excluding hydrogens is 309 g/mol. The van der Waals surface area contributed by atoms with Gasteiger partial charge in [0.1, 0.15) is 5.75 Å². The minimum absolute atomic E-state index is 0.0190. The van der Waals surface area contributed by atoms with E-state index in [0.717, 1.165) is 17.7 Å². The fraction of sp³-hybridized carbons (Fsp3) is 0.176. The number of Topliss-reactive ketones (excluding diaryl/α,β-unsaturated/α-hetero) is 1. The maximum Gasteiger partial charge on any atom is 0.416 e. The molecule has 0 unspecified atom stereocenters. The number of benzene rings is 2. The third-order valence-electron chi connectivity index (χ3n) is 3.14. The van der Waals surface area contributed by atoms with Gasteiger partial charge in [-0.15, -0.1) is 0 Å². The van der Waals surface area contributed by atoms with Gasteiger partial charge >= 0.3 is 12.1 Å². The van der Waals surface area contributed by atoms with Crippen molar-refractivity contribution in [3.8, 4) is 5.75 Å². The molecule has 2 rings (SSSR count). The zero-order valence-electron chi connectivity index (χ0n) is 12.4. The molecule has 2 aromatic carbocycles. The Balaban J connectivity index is 2.32. The second-order valence-electron chi connectivity index (χ2n) is 5.02. The predicted molar refractivity (Wildman–Crippen MR) is 77.6 cm³/mol. The van der Waals surface area contributed by atoms with Crippen molar-refractivity contribution in [1.82, 2.24) is 0 Å². The molecular formula is C17H13F3O3. The molecule has 0 spiro atoms. The Morgan fingerprint density at radius 3 is 2.35 bits per heavy atom. The maximum absolute atomic E-state index is 12.7. The summed E-state index contributed by atoms with van der Waals surface area (Å²) < 4.78 is 43.1. The molecule has 0 aliphatic carbocycles. The standard InChI is InChI=1S/C17H13F3O3/c1-10-6-7-15(14(8-10)11(2)21)23-16(22)12-4-3-5-13(9-12)17(18,19)20/h3-9H,1-2H3. The lowest BCUT2D eigenvalue weighted by Gasteiger charge is -2.11.